The normalized spacial score (nSPS) is 11.0. The van der Waals surface area contributed by atoms with E-state index >= 15 is 0 Å². The van der Waals surface area contributed by atoms with Crippen LogP contribution in [-0.4, -0.2) is 59.7 Å². The molecule has 0 unspecified atom stereocenters. The highest BCUT2D eigenvalue weighted by Crippen LogP contribution is 2.26. The number of ketones is 1. The van der Waals surface area contributed by atoms with Crippen LogP contribution in [0.4, 0.5) is 0 Å². The molecule has 0 saturated heterocycles. The maximum absolute atomic E-state index is 11.8. The number of likely N-dealkylation sites (N-methyl/N-ethyl adjacent to an activating group) is 1. The number of carbonyl (C=O) groups excluding carboxylic acids is 2. The third-order valence-electron chi connectivity index (χ3n) is 4.86. The molecule has 168 valence electrons. The first-order chi connectivity index (χ1) is 14.7. The second-order valence-electron chi connectivity index (χ2n) is 7.64. The van der Waals surface area contributed by atoms with Gasteiger partial charge in [-0.15, -0.1) is 0 Å². The average molecular weight is 431 g/mol. The molecule has 0 amide bonds. The lowest BCUT2D eigenvalue weighted by Crippen LogP contribution is -2.14. The Morgan fingerprint density at radius 3 is 2.48 bits per heavy atom. The zero-order chi connectivity index (χ0) is 23.0. The Bertz CT molecular complexity index is 960. The second kappa shape index (κ2) is 11.3. The summed E-state index contributed by atoms with van der Waals surface area (Å²) in [5, 5.41) is 9.56. The molecule has 0 aliphatic heterocycles. The monoisotopic (exact) mass is 430 g/mol. The number of nitrogens with zero attached hydrogens (tertiary/aromatic N) is 2. The van der Waals surface area contributed by atoms with Crippen molar-refractivity contribution in [3.05, 3.63) is 42.1 Å². The van der Waals surface area contributed by atoms with Crippen LogP contribution in [0.15, 0.2) is 31.0 Å². The molecular formula is C23H30N2O6. The first-order valence-corrected chi connectivity index (χ1v) is 10.2. The van der Waals surface area contributed by atoms with E-state index in [-0.39, 0.29) is 25.4 Å². The molecule has 1 heterocycles. The molecule has 1 aromatic heterocycles. The van der Waals surface area contributed by atoms with Gasteiger partial charge >= 0.3 is 11.9 Å². The molecule has 2 aromatic rings. The zero-order valence-electron chi connectivity index (χ0n) is 18.3. The highest BCUT2D eigenvalue weighted by atomic mass is 16.7. The van der Waals surface area contributed by atoms with E-state index in [9.17, 15) is 14.4 Å². The lowest BCUT2D eigenvalue weighted by atomic mass is 10.1. The van der Waals surface area contributed by atoms with Crippen LogP contribution in [-0.2, 0) is 25.5 Å². The molecule has 2 rings (SSSR count). The maximum atomic E-state index is 11.8. The van der Waals surface area contributed by atoms with Crippen LogP contribution in [0, 0.1) is 0 Å². The van der Waals surface area contributed by atoms with Gasteiger partial charge in [0.25, 0.3) is 0 Å². The van der Waals surface area contributed by atoms with Crippen molar-refractivity contribution in [1.29, 1.82) is 0 Å². The van der Waals surface area contributed by atoms with Crippen LogP contribution in [0.1, 0.15) is 48.5 Å². The van der Waals surface area contributed by atoms with Gasteiger partial charge in [0.15, 0.2) is 11.7 Å². The van der Waals surface area contributed by atoms with Crippen molar-refractivity contribution in [2.45, 2.75) is 39.0 Å². The van der Waals surface area contributed by atoms with Gasteiger partial charge in [-0.3, -0.25) is 19.0 Å². The number of hydrogen-bond acceptors (Lipinski definition) is 6. The van der Waals surface area contributed by atoms with Crippen LogP contribution >= 0.6 is 0 Å². The van der Waals surface area contributed by atoms with Gasteiger partial charge in [-0.05, 0) is 70.6 Å². The van der Waals surface area contributed by atoms with E-state index in [1.807, 2.05) is 32.4 Å². The Hall–Kier alpha value is -3.13. The minimum Gasteiger partial charge on any atom is -0.481 e. The molecule has 0 atom stereocenters. The van der Waals surface area contributed by atoms with Crippen molar-refractivity contribution in [3.63, 3.8) is 0 Å². The number of carboxylic acid groups (broad SMARTS) is 1. The second-order valence-corrected chi connectivity index (χ2v) is 7.64. The fourth-order valence-electron chi connectivity index (χ4n) is 3.12. The van der Waals surface area contributed by atoms with Gasteiger partial charge in [0, 0.05) is 36.5 Å². The highest BCUT2D eigenvalue weighted by Gasteiger charge is 2.14. The number of aliphatic carboxylic acids is 1. The van der Waals surface area contributed by atoms with Crippen molar-refractivity contribution in [1.82, 2.24) is 9.47 Å². The quantitative estimate of drug-likeness (QED) is 0.171. The van der Waals surface area contributed by atoms with E-state index in [1.165, 1.54) is 6.92 Å². The summed E-state index contributed by atoms with van der Waals surface area (Å²) in [4.78, 5) is 36.1. The number of fused-ring (bicyclic) bond motifs is 1. The molecule has 8 nitrogen and oxygen atoms in total. The SMILES string of the molecule is C=C(OCOC(=O)CCCCC(=O)O)n1cc(CCN(C)C)c2cc(C(C)=O)ccc21. The van der Waals surface area contributed by atoms with E-state index in [2.05, 4.69) is 11.5 Å². The summed E-state index contributed by atoms with van der Waals surface area (Å²) in [5.74, 6) is -1.03. The molecule has 1 N–H and O–H groups in total. The molecule has 0 bridgehead atoms. The first-order valence-electron chi connectivity index (χ1n) is 10.2. The Morgan fingerprint density at radius 1 is 1.13 bits per heavy atom. The van der Waals surface area contributed by atoms with Gasteiger partial charge in [0.1, 0.15) is 0 Å². The van der Waals surface area contributed by atoms with Gasteiger partial charge in [0.05, 0.1) is 5.52 Å². The summed E-state index contributed by atoms with van der Waals surface area (Å²) >= 11 is 0. The van der Waals surface area contributed by atoms with Gasteiger partial charge in [-0.2, -0.15) is 0 Å². The third-order valence-corrected chi connectivity index (χ3v) is 4.86. The molecular weight excluding hydrogens is 400 g/mol. The zero-order valence-corrected chi connectivity index (χ0v) is 18.3. The molecule has 0 radical (unpaired) electrons. The standard InChI is InChI=1S/C23H30N2O6/c1-16(26)18-9-10-21-20(13-18)19(11-12-24(3)4)14-25(21)17(2)30-15-31-23(29)8-6-5-7-22(27)28/h9-10,13-14H,2,5-8,11-12,15H2,1,3-4H3,(H,27,28). The molecule has 0 aliphatic rings. The van der Waals surface area contributed by atoms with Crippen LogP contribution < -0.4 is 0 Å². The number of Topliss-reactive ketones (excluding diaryl/α,β-unsaturated/α-hetero) is 1. The van der Waals surface area contributed by atoms with Crippen molar-refractivity contribution >= 4 is 34.5 Å². The predicted octanol–water partition coefficient (Wildman–Crippen LogP) is 3.54. The Morgan fingerprint density at radius 2 is 1.84 bits per heavy atom. The topological polar surface area (TPSA) is 98.1 Å². The molecule has 0 saturated carbocycles. The number of aromatic nitrogens is 1. The van der Waals surface area contributed by atoms with Gasteiger partial charge in [-0.25, -0.2) is 0 Å². The van der Waals surface area contributed by atoms with Crippen molar-refractivity contribution < 1.29 is 29.0 Å². The molecule has 1 aromatic carbocycles. The van der Waals surface area contributed by atoms with E-state index in [0.29, 0.717) is 24.3 Å². The van der Waals surface area contributed by atoms with E-state index in [4.69, 9.17) is 14.6 Å². The fraction of sp³-hybridized carbons (Fsp3) is 0.435. The minimum atomic E-state index is -0.882. The Balaban J connectivity index is 2.03. The molecule has 31 heavy (non-hydrogen) atoms. The third kappa shape index (κ3) is 7.25. The largest absolute Gasteiger partial charge is 0.481 e. The molecule has 0 spiro atoms. The van der Waals surface area contributed by atoms with Crippen LogP contribution in [0.3, 0.4) is 0 Å². The summed E-state index contributed by atoms with van der Waals surface area (Å²) in [7, 11) is 4.00. The minimum absolute atomic E-state index is 0.00134. The molecule has 0 aliphatic carbocycles. The number of carboxylic acids is 1. The van der Waals surface area contributed by atoms with E-state index in [1.54, 1.807) is 10.6 Å². The number of esters is 1. The number of unbranched alkanes of at least 4 members (excludes halogenated alkanes) is 1. The molecule has 8 heteroatoms. The van der Waals surface area contributed by atoms with E-state index < -0.39 is 11.9 Å². The summed E-state index contributed by atoms with van der Waals surface area (Å²) in [6.07, 6.45) is 3.75. The van der Waals surface area contributed by atoms with Crippen molar-refractivity contribution in [2.75, 3.05) is 27.4 Å². The van der Waals surface area contributed by atoms with Gasteiger partial charge in [-0.1, -0.05) is 0 Å². The predicted molar refractivity (Wildman–Crippen MR) is 118 cm³/mol. The van der Waals surface area contributed by atoms with Crippen LogP contribution in [0.5, 0.6) is 0 Å². The van der Waals surface area contributed by atoms with Gasteiger partial charge < -0.3 is 19.5 Å². The fourth-order valence-corrected chi connectivity index (χ4v) is 3.12. The number of hydrogen-bond donors (Lipinski definition) is 1. The lowest BCUT2D eigenvalue weighted by molar-refractivity contribution is -0.152. The Labute approximate surface area is 182 Å². The average Bonchev–Trinajstić information content (AvgIpc) is 3.07. The first kappa shape index (κ1) is 24.1. The van der Waals surface area contributed by atoms with Crippen molar-refractivity contribution in [2.24, 2.45) is 0 Å². The smallest absolute Gasteiger partial charge is 0.308 e. The maximum Gasteiger partial charge on any atom is 0.308 e. The van der Waals surface area contributed by atoms with Crippen LogP contribution in [0.25, 0.3) is 16.8 Å². The number of benzene rings is 1. The Kier molecular flexibility index (Phi) is 8.81. The number of ether oxygens (including phenoxy) is 2. The summed E-state index contributed by atoms with van der Waals surface area (Å²) < 4.78 is 12.4. The summed E-state index contributed by atoms with van der Waals surface area (Å²) in [5.41, 5.74) is 2.55. The van der Waals surface area contributed by atoms with E-state index in [0.717, 1.165) is 29.4 Å². The lowest BCUT2D eigenvalue weighted by Gasteiger charge is -2.12. The highest BCUT2D eigenvalue weighted by molar-refractivity contribution is 5.99. The van der Waals surface area contributed by atoms with Crippen LogP contribution in [0.2, 0.25) is 0 Å². The van der Waals surface area contributed by atoms with Crippen molar-refractivity contribution in [3.8, 4) is 0 Å². The molecule has 0 fully saturated rings. The summed E-state index contributed by atoms with van der Waals surface area (Å²) in [6, 6.07) is 5.50. The van der Waals surface area contributed by atoms with Gasteiger partial charge in [0.2, 0.25) is 6.79 Å². The number of carbonyl (C=O) groups is 3. The summed E-state index contributed by atoms with van der Waals surface area (Å²) in [6.45, 7) is 6.04. The number of rotatable bonds is 13.